The highest BCUT2D eigenvalue weighted by molar-refractivity contribution is 7.17. The molecule has 0 saturated heterocycles. The van der Waals surface area contributed by atoms with Crippen LogP contribution >= 0.6 is 11.3 Å². The third-order valence-electron chi connectivity index (χ3n) is 6.30. The summed E-state index contributed by atoms with van der Waals surface area (Å²) in [6.45, 7) is 7.63. The molecule has 6 rings (SSSR count). The van der Waals surface area contributed by atoms with Crippen LogP contribution in [0.5, 0.6) is 0 Å². The lowest BCUT2D eigenvalue weighted by atomic mass is 9.92. The monoisotopic (exact) mass is 550 g/mol. The van der Waals surface area contributed by atoms with Crippen LogP contribution in [-0.2, 0) is 4.79 Å². The maximum atomic E-state index is 12.4. The first-order chi connectivity index (χ1) is 19.1. The number of fused-ring (bicyclic) bond motifs is 2. The van der Waals surface area contributed by atoms with E-state index in [1.807, 2.05) is 45.0 Å². The average Bonchev–Trinajstić information content (AvgIpc) is 3.65. The third kappa shape index (κ3) is 4.98. The number of amides is 1. The second-order valence-electron chi connectivity index (χ2n) is 10.8. The maximum absolute atomic E-state index is 12.4. The lowest BCUT2D eigenvalue weighted by molar-refractivity contribution is -0.117. The average molecular weight is 551 g/mol. The van der Waals surface area contributed by atoms with Crippen molar-refractivity contribution < 1.29 is 9.59 Å². The molecular weight excluding hydrogens is 524 g/mol. The van der Waals surface area contributed by atoms with Gasteiger partial charge in [-0.05, 0) is 36.6 Å². The van der Waals surface area contributed by atoms with Crippen LogP contribution in [0.25, 0.3) is 55.2 Å². The van der Waals surface area contributed by atoms with E-state index in [2.05, 4.69) is 35.5 Å². The van der Waals surface area contributed by atoms with Gasteiger partial charge in [-0.1, -0.05) is 20.8 Å². The van der Waals surface area contributed by atoms with Gasteiger partial charge in [0.15, 0.2) is 17.3 Å². The van der Waals surface area contributed by atoms with Gasteiger partial charge in [0.25, 0.3) is 0 Å². The molecular formula is C29H26N8O2S. The Morgan fingerprint density at radius 3 is 2.58 bits per heavy atom. The number of carbonyl (C=O) groups is 2. The van der Waals surface area contributed by atoms with Crippen molar-refractivity contribution in [2.75, 3.05) is 5.32 Å². The first-order valence-electron chi connectivity index (χ1n) is 12.7. The molecule has 200 valence electrons. The minimum absolute atomic E-state index is 0.0263. The Bertz CT molecular complexity index is 1910. The van der Waals surface area contributed by atoms with Crippen LogP contribution in [0.1, 0.15) is 43.8 Å². The molecule has 0 aliphatic carbocycles. The number of rotatable bonds is 6. The summed E-state index contributed by atoms with van der Waals surface area (Å²) in [4.78, 5) is 47.3. The number of hydrogen-bond acceptors (Lipinski definition) is 8. The number of Topliss-reactive ketones (excluding diaryl/α,β-unsaturated/α-hetero) is 1. The van der Waals surface area contributed by atoms with E-state index in [-0.39, 0.29) is 17.1 Å². The van der Waals surface area contributed by atoms with Crippen molar-refractivity contribution in [1.29, 1.82) is 0 Å². The van der Waals surface area contributed by atoms with E-state index in [4.69, 9.17) is 4.98 Å². The molecule has 0 spiro atoms. The SMILES string of the molecule is CC(=O)c1ccc(-c2cncc3[nH]c(-c4n[nH]c5ncc(-c6cncc(NC(=O)CC(C)(C)C)c6)cc45)nc23)s1. The van der Waals surface area contributed by atoms with E-state index in [9.17, 15) is 9.59 Å². The maximum Gasteiger partial charge on any atom is 0.224 e. The van der Waals surface area contributed by atoms with Gasteiger partial charge in [-0.15, -0.1) is 11.3 Å². The van der Waals surface area contributed by atoms with Crippen molar-refractivity contribution in [1.82, 2.24) is 35.1 Å². The second-order valence-corrected chi connectivity index (χ2v) is 11.9. The molecule has 0 radical (unpaired) electrons. The lowest BCUT2D eigenvalue weighted by Crippen LogP contribution is -2.19. The number of H-pyrrole nitrogens is 2. The van der Waals surface area contributed by atoms with Crippen molar-refractivity contribution in [3.8, 4) is 33.1 Å². The summed E-state index contributed by atoms with van der Waals surface area (Å²) in [6, 6.07) is 7.60. The Kier molecular flexibility index (Phi) is 6.22. The molecule has 0 aromatic carbocycles. The van der Waals surface area contributed by atoms with E-state index in [1.54, 1.807) is 37.9 Å². The van der Waals surface area contributed by atoms with Crippen LogP contribution in [0.4, 0.5) is 5.69 Å². The molecule has 0 aliphatic heterocycles. The number of aromatic nitrogens is 7. The zero-order chi connectivity index (χ0) is 28.0. The zero-order valence-corrected chi connectivity index (χ0v) is 23.2. The van der Waals surface area contributed by atoms with Gasteiger partial charge in [-0.2, -0.15) is 5.10 Å². The normalized spacial score (nSPS) is 11.8. The van der Waals surface area contributed by atoms with Crippen LogP contribution < -0.4 is 5.32 Å². The number of nitrogens with zero attached hydrogens (tertiary/aromatic N) is 5. The number of anilines is 1. The molecule has 0 aliphatic rings. The van der Waals surface area contributed by atoms with E-state index in [0.29, 0.717) is 34.2 Å². The third-order valence-corrected chi connectivity index (χ3v) is 7.52. The van der Waals surface area contributed by atoms with E-state index < -0.39 is 0 Å². The van der Waals surface area contributed by atoms with Gasteiger partial charge in [0.05, 0.1) is 33.9 Å². The van der Waals surface area contributed by atoms with Gasteiger partial charge >= 0.3 is 0 Å². The molecule has 6 aromatic rings. The minimum atomic E-state index is -0.115. The van der Waals surface area contributed by atoms with E-state index in [0.717, 1.165) is 38.0 Å². The van der Waals surface area contributed by atoms with Crippen LogP contribution in [0.2, 0.25) is 0 Å². The van der Waals surface area contributed by atoms with Gasteiger partial charge in [-0.3, -0.25) is 24.7 Å². The molecule has 1 amide bonds. The van der Waals surface area contributed by atoms with Gasteiger partial charge in [0, 0.05) is 46.6 Å². The first-order valence-corrected chi connectivity index (χ1v) is 13.5. The Morgan fingerprint density at radius 1 is 1.00 bits per heavy atom. The minimum Gasteiger partial charge on any atom is -0.335 e. The molecule has 10 nitrogen and oxygen atoms in total. The molecule has 0 fully saturated rings. The van der Waals surface area contributed by atoms with Crippen molar-refractivity contribution in [3.63, 3.8) is 0 Å². The fourth-order valence-corrected chi connectivity index (χ4v) is 5.40. The topological polar surface area (TPSA) is 142 Å². The van der Waals surface area contributed by atoms with Crippen molar-refractivity contribution in [2.45, 2.75) is 34.1 Å². The molecule has 0 atom stereocenters. The predicted molar refractivity (Wildman–Crippen MR) is 156 cm³/mol. The summed E-state index contributed by atoms with van der Waals surface area (Å²) in [6.07, 6.45) is 8.99. The predicted octanol–water partition coefficient (Wildman–Crippen LogP) is 6.26. The van der Waals surface area contributed by atoms with Crippen LogP contribution in [0, 0.1) is 5.41 Å². The largest absolute Gasteiger partial charge is 0.335 e. The highest BCUT2D eigenvalue weighted by Gasteiger charge is 2.19. The van der Waals surface area contributed by atoms with Gasteiger partial charge < -0.3 is 10.3 Å². The number of imidazole rings is 1. The summed E-state index contributed by atoms with van der Waals surface area (Å²) >= 11 is 1.42. The summed E-state index contributed by atoms with van der Waals surface area (Å²) in [5, 5.41) is 11.2. The second kappa shape index (κ2) is 9.76. The highest BCUT2D eigenvalue weighted by atomic mass is 32.1. The molecule has 3 N–H and O–H groups in total. The van der Waals surface area contributed by atoms with Gasteiger partial charge in [0.2, 0.25) is 5.91 Å². The summed E-state index contributed by atoms with van der Waals surface area (Å²) in [7, 11) is 0. The summed E-state index contributed by atoms with van der Waals surface area (Å²) in [5.74, 6) is 0.536. The number of ketones is 1. The van der Waals surface area contributed by atoms with Crippen molar-refractivity contribution in [2.24, 2.45) is 5.41 Å². The highest BCUT2D eigenvalue weighted by Crippen LogP contribution is 2.35. The van der Waals surface area contributed by atoms with Crippen LogP contribution in [0.3, 0.4) is 0 Å². The Hall–Kier alpha value is -4.77. The van der Waals surface area contributed by atoms with Crippen molar-refractivity contribution in [3.05, 3.63) is 60.1 Å². The van der Waals surface area contributed by atoms with Gasteiger partial charge in [-0.25, -0.2) is 9.97 Å². The Morgan fingerprint density at radius 2 is 1.80 bits per heavy atom. The summed E-state index contributed by atoms with van der Waals surface area (Å²) < 4.78 is 0. The lowest BCUT2D eigenvalue weighted by Gasteiger charge is -2.17. The fraction of sp³-hybridized carbons (Fsp3) is 0.207. The number of hydrogen-bond donors (Lipinski definition) is 3. The van der Waals surface area contributed by atoms with Crippen molar-refractivity contribution >= 4 is 50.8 Å². The van der Waals surface area contributed by atoms with Crippen LogP contribution in [0.15, 0.2) is 55.2 Å². The number of aromatic amines is 2. The van der Waals surface area contributed by atoms with E-state index in [1.165, 1.54) is 11.3 Å². The number of thiophene rings is 1. The quantitative estimate of drug-likeness (QED) is 0.208. The number of carbonyl (C=O) groups excluding carboxylic acids is 2. The fourth-order valence-electron chi connectivity index (χ4n) is 4.49. The molecule has 6 heterocycles. The molecule has 0 bridgehead atoms. The number of nitrogens with one attached hydrogen (secondary N) is 3. The van der Waals surface area contributed by atoms with E-state index >= 15 is 0 Å². The molecule has 11 heteroatoms. The Balaban J connectivity index is 1.36. The standard InChI is InChI=1S/C29H26N8O2S/c1-15(38)22-5-6-23(40-22)20-13-31-14-21-25(20)35-28(34-21)26-19-8-17(11-32-27(19)37-36-26)16-7-18(12-30-10-16)33-24(39)9-29(2,3)4/h5-8,10-14H,9H2,1-4H3,(H,33,39)(H,34,35)(H,32,36,37). The molecule has 0 unspecified atom stereocenters. The van der Waals surface area contributed by atoms with Crippen LogP contribution in [-0.4, -0.2) is 46.8 Å². The molecule has 0 saturated carbocycles. The first kappa shape index (κ1) is 25.5. The zero-order valence-electron chi connectivity index (χ0n) is 22.4. The Labute approximate surface area is 233 Å². The summed E-state index contributed by atoms with van der Waals surface area (Å²) in [5.41, 5.74) is 5.71. The molecule has 6 aromatic heterocycles. The van der Waals surface area contributed by atoms with Gasteiger partial charge in [0.1, 0.15) is 11.2 Å². The molecule has 40 heavy (non-hydrogen) atoms. The number of pyridine rings is 3. The smallest absolute Gasteiger partial charge is 0.224 e.